The lowest BCUT2D eigenvalue weighted by atomic mass is 9.88. The smallest absolute Gasteiger partial charge is 0.255 e. The molecule has 1 aliphatic carbocycles. The van der Waals surface area contributed by atoms with Crippen LogP contribution in [0.25, 0.3) is 11.0 Å². The van der Waals surface area contributed by atoms with Crippen molar-refractivity contribution in [3.63, 3.8) is 0 Å². The normalized spacial score (nSPS) is 26.0. The van der Waals surface area contributed by atoms with Gasteiger partial charge in [-0.3, -0.25) is 4.79 Å². The fourth-order valence-corrected chi connectivity index (χ4v) is 2.61. The first-order valence-electron chi connectivity index (χ1n) is 6.79. The zero-order chi connectivity index (χ0) is 15.0. The van der Waals surface area contributed by atoms with Crippen LogP contribution < -0.4 is 5.32 Å². The molecule has 1 heterocycles. The third-order valence-corrected chi connectivity index (χ3v) is 3.84. The number of fused-ring (bicyclic) bond motifs is 1. The summed E-state index contributed by atoms with van der Waals surface area (Å²) in [5, 5.41) is 3.21. The van der Waals surface area contributed by atoms with Crippen LogP contribution >= 0.6 is 0 Å². The molecule has 5 heteroatoms. The second-order valence-electron chi connectivity index (χ2n) is 5.31. The molecule has 1 fully saturated rings. The summed E-state index contributed by atoms with van der Waals surface area (Å²) in [6, 6.07) is 6.24. The Morgan fingerprint density at radius 2 is 2.10 bits per heavy atom. The van der Waals surface area contributed by atoms with E-state index in [0.717, 1.165) is 0 Å². The number of nitrogens with one attached hydrogen (secondary N) is 1. The van der Waals surface area contributed by atoms with Crippen LogP contribution in [0.3, 0.4) is 0 Å². The van der Waals surface area contributed by atoms with Gasteiger partial charge in [0.2, 0.25) is 0 Å². The molecule has 21 heavy (non-hydrogen) atoms. The van der Waals surface area contributed by atoms with E-state index in [1.165, 1.54) is 6.26 Å². The second-order valence-corrected chi connectivity index (χ2v) is 5.31. The summed E-state index contributed by atoms with van der Waals surface area (Å²) in [6.45, 7) is 3.51. The number of furan rings is 1. The molecule has 1 aliphatic rings. The maximum absolute atomic E-state index is 13.9. The highest BCUT2D eigenvalue weighted by molar-refractivity contribution is 6.06. The van der Waals surface area contributed by atoms with Gasteiger partial charge in [-0.1, -0.05) is 24.8 Å². The summed E-state index contributed by atoms with van der Waals surface area (Å²) in [5.74, 6) is -0.452. The molecular formula is C16H15F2NO2. The first-order valence-corrected chi connectivity index (χ1v) is 6.79. The number of hydrogen-bond donors (Lipinski definition) is 1. The maximum Gasteiger partial charge on any atom is 0.255 e. The molecule has 110 valence electrons. The van der Waals surface area contributed by atoms with Crippen LogP contribution in [0.1, 0.15) is 23.2 Å². The third-order valence-electron chi connectivity index (χ3n) is 3.84. The van der Waals surface area contributed by atoms with E-state index in [-0.39, 0.29) is 18.4 Å². The van der Waals surface area contributed by atoms with Gasteiger partial charge < -0.3 is 9.73 Å². The largest absolute Gasteiger partial charge is 0.463 e. The van der Waals surface area contributed by atoms with E-state index < -0.39 is 24.3 Å². The van der Waals surface area contributed by atoms with E-state index in [4.69, 9.17) is 4.42 Å². The molecule has 0 bridgehead atoms. The van der Waals surface area contributed by atoms with Crippen molar-refractivity contribution >= 4 is 16.9 Å². The molecule has 1 aromatic carbocycles. The Hall–Kier alpha value is -2.17. The van der Waals surface area contributed by atoms with Crippen molar-refractivity contribution in [2.45, 2.75) is 31.2 Å². The fourth-order valence-electron chi connectivity index (χ4n) is 2.61. The van der Waals surface area contributed by atoms with E-state index in [1.807, 2.05) is 0 Å². The van der Waals surface area contributed by atoms with E-state index in [2.05, 4.69) is 11.9 Å². The number of hydrogen-bond acceptors (Lipinski definition) is 2. The van der Waals surface area contributed by atoms with Crippen molar-refractivity contribution in [1.29, 1.82) is 0 Å². The summed E-state index contributed by atoms with van der Waals surface area (Å²) in [4.78, 5) is 12.2. The van der Waals surface area contributed by atoms with Crippen LogP contribution in [0, 0.1) is 0 Å². The van der Waals surface area contributed by atoms with E-state index >= 15 is 0 Å². The number of benzene rings is 1. The number of para-hydroxylation sites is 1. The molecule has 3 atom stereocenters. The van der Waals surface area contributed by atoms with Crippen molar-refractivity contribution < 1.29 is 18.0 Å². The molecule has 1 N–H and O–H groups in total. The fraction of sp³-hybridized carbons (Fsp3) is 0.312. The average molecular weight is 291 g/mol. The summed E-state index contributed by atoms with van der Waals surface area (Å²) in [5.41, 5.74) is 1.17. The monoisotopic (exact) mass is 291 g/mol. The van der Waals surface area contributed by atoms with E-state index in [1.54, 1.807) is 24.3 Å². The van der Waals surface area contributed by atoms with Gasteiger partial charge in [0.1, 0.15) is 24.2 Å². The SMILES string of the molecule is C=C1CC(F)C(NC(=O)c2coc3ccccc23)CC1F. The van der Waals surface area contributed by atoms with Gasteiger partial charge in [-0.2, -0.15) is 0 Å². The lowest BCUT2D eigenvalue weighted by molar-refractivity contribution is 0.0873. The molecule has 0 radical (unpaired) electrons. The number of allylic oxidation sites excluding steroid dienone is 1. The Morgan fingerprint density at radius 3 is 2.90 bits per heavy atom. The van der Waals surface area contributed by atoms with Crippen LogP contribution in [0.5, 0.6) is 0 Å². The Bertz CT molecular complexity index is 694. The van der Waals surface area contributed by atoms with Gasteiger partial charge in [0, 0.05) is 18.2 Å². The lowest BCUT2D eigenvalue weighted by Crippen LogP contribution is -2.46. The summed E-state index contributed by atoms with van der Waals surface area (Å²) in [6.07, 6.45) is -1.39. The summed E-state index contributed by atoms with van der Waals surface area (Å²) in [7, 11) is 0. The number of halogens is 2. The zero-order valence-corrected chi connectivity index (χ0v) is 11.3. The molecule has 3 unspecified atom stereocenters. The van der Waals surface area contributed by atoms with Crippen LogP contribution in [0.4, 0.5) is 8.78 Å². The lowest BCUT2D eigenvalue weighted by Gasteiger charge is -2.30. The van der Waals surface area contributed by atoms with Gasteiger partial charge >= 0.3 is 0 Å². The Labute approximate surface area is 120 Å². The van der Waals surface area contributed by atoms with E-state index in [9.17, 15) is 13.6 Å². The van der Waals surface area contributed by atoms with Gasteiger partial charge in [-0.25, -0.2) is 8.78 Å². The summed E-state index contributed by atoms with van der Waals surface area (Å²) >= 11 is 0. The Balaban J connectivity index is 1.78. The predicted octanol–water partition coefficient (Wildman–Crippen LogP) is 3.56. The average Bonchev–Trinajstić information content (AvgIpc) is 2.88. The third kappa shape index (κ3) is 2.55. The minimum absolute atomic E-state index is 0.0573. The van der Waals surface area contributed by atoms with Gasteiger partial charge in [0.05, 0.1) is 11.6 Å². The quantitative estimate of drug-likeness (QED) is 0.860. The van der Waals surface area contributed by atoms with Crippen molar-refractivity contribution in [2.75, 3.05) is 0 Å². The minimum Gasteiger partial charge on any atom is -0.463 e. The van der Waals surface area contributed by atoms with Crippen LogP contribution in [0.15, 0.2) is 47.1 Å². The summed E-state index contributed by atoms with van der Waals surface area (Å²) < 4.78 is 32.8. The first-order chi connectivity index (χ1) is 10.1. The zero-order valence-electron chi connectivity index (χ0n) is 11.3. The van der Waals surface area contributed by atoms with Crippen molar-refractivity contribution in [1.82, 2.24) is 5.32 Å². The maximum atomic E-state index is 13.9. The Kier molecular flexibility index (Phi) is 3.49. The highest BCUT2D eigenvalue weighted by Gasteiger charge is 2.34. The van der Waals surface area contributed by atoms with Crippen LogP contribution in [-0.2, 0) is 0 Å². The molecular weight excluding hydrogens is 276 g/mol. The number of carbonyl (C=O) groups excluding carboxylic acids is 1. The Morgan fingerprint density at radius 1 is 1.33 bits per heavy atom. The van der Waals surface area contributed by atoms with Crippen molar-refractivity contribution in [3.8, 4) is 0 Å². The van der Waals surface area contributed by atoms with Gasteiger partial charge in [0.15, 0.2) is 0 Å². The first kappa shape index (κ1) is 13.8. The topological polar surface area (TPSA) is 42.2 Å². The molecule has 3 rings (SSSR count). The molecule has 2 aromatic rings. The molecule has 3 nitrogen and oxygen atoms in total. The highest BCUT2D eigenvalue weighted by Crippen LogP contribution is 2.28. The highest BCUT2D eigenvalue weighted by atomic mass is 19.1. The molecule has 0 saturated heterocycles. The van der Waals surface area contributed by atoms with Gasteiger partial charge in [-0.15, -0.1) is 0 Å². The van der Waals surface area contributed by atoms with Gasteiger partial charge in [0.25, 0.3) is 5.91 Å². The number of rotatable bonds is 2. The minimum atomic E-state index is -1.31. The number of alkyl halides is 2. The van der Waals surface area contributed by atoms with Crippen molar-refractivity contribution in [3.05, 3.63) is 48.2 Å². The predicted molar refractivity (Wildman–Crippen MR) is 75.6 cm³/mol. The van der Waals surface area contributed by atoms with Crippen LogP contribution in [0.2, 0.25) is 0 Å². The molecule has 0 spiro atoms. The molecule has 0 aliphatic heterocycles. The second kappa shape index (κ2) is 5.31. The standard InChI is InChI=1S/C16H15F2NO2/c1-9-6-13(18)14(7-12(9)17)19-16(20)11-8-21-15-5-3-2-4-10(11)15/h2-5,8,12-14H,1,6-7H2,(H,19,20). The van der Waals surface area contributed by atoms with Crippen LogP contribution in [-0.4, -0.2) is 24.3 Å². The molecule has 1 amide bonds. The van der Waals surface area contributed by atoms with E-state index in [0.29, 0.717) is 16.5 Å². The molecule has 1 aromatic heterocycles. The van der Waals surface area contributed by atoms with Crippen molar-refractivity contribution in [2.24, 2.45) is 0 Å². The number of amides is 1. The van der Waals surface area contributed by atoms with Gasteiger partial charge in [-0.05, 0) is 11.6 Å². The number of carbonyl (C=O) groups is 1. The molecule has 1 saturated carbocycles.